The maximum absolute atomic E-state index is 6.10. The number of hydrogen-bond donors (Lipinski definition) is 1. The lowest BCUT2D eigenvalue weighted by molar-refractivity contribution is 0.259. The van der Waals surface area contributed by atoms with E-state index in [1.54, 1.807) is 26.4 Å². The molecule has 0 radical (unpaired) electrons. The van der Waals surface area contributed by atoms with E-state index in [1.165, 1.54) is 0 Å². The van der Waals surface area contributed by atoms with Gasteiger partial charge in [0.05, 0.1) is 31.5 Å². The van der Waals surface area contributed by atoms with Crippen LogP contribution < -0.4 is 19.5 Å². The summed E-state index contributed by atoms with van der Waals surface area (Å²) in [5.41, 5.74) is 0.703. The molecule has 1 N–H and O–H groups in total. The summed E-state index contributed by atoms with van der Waals surface area (Å²) in [7, 11) is 3.11. The lowest BCUT2D eigenvalue weighted by Gasteiger charge is -2.12. The average Bonchev–Trinajstić information content (AvgIpc) is 3.13. The molecule has 136 valence electrons. The highest BCUT2D eigenvalue weighted by molar-refractivity contribution is 6.32. The zero-order valence-corrected chi connectivity index (χ0v) is 15.1. The fraction of sp³-hybridized carbons (Fsp3) is 0.222. The summed E-state index contributed by atoms with van der Waals surface area (Å²) in [5, 5.41) is 11.6. The molecule has 0 bridgehead atoms. The van der Waals surface area contributed by atoms with Crippen LogP contribution in [-0.4, -0.2) is 24.4 Å². The molecule has 3 aromatic rings. The molecule has 0 aliphatic rings. The molecule has 26 heavy (non-hydrogen) atoms. The van der Waals surface area contributed by atoms with Crippen LogP contribution in [0.4, 0.5) is 5.69 Å². The van der Waals surface area contributed by atoms with Crippen molar-refractivity contribution in [2.24, 2.45) is 0 Å². The maximum Gasteiger partial charge on any atom is 0.253 e. The number of benzene rings is 2. The second-order valence-corrected chi connectivity index (χ2v) is 5.64. The maximum atomic E-state index is 6.10. The number of aromatic nitrogens is 2. The zero-order chi connectivity index (χ0) is 18.4. The van der Waals surface area contributed by atoms with Gasteiger partial charge in [-0.25, -0.2) is 0 Å². The Morgan fingerprint density at radius 3 is 2.46 bits per heavy atom. The van der Waals surface area contributed by atoms with Crippen molar-refractivity contribution in [3.63, 3.8) is 0 Å². The molecule has 1 aromatic heterocycles. The van der Waals surface area contributed by atoms with E-state index in [0.29, 0.717) is 40.5 Å². The number of nitrogens with zero attached hydrogens (tertiary/aromatic N) is 2. The van der Waals surface area contributed by atoms with Crippen LogP contribution in [0.3, 0.4) is 0 Å². The Morgan fingerprint density at radius 2 is 1.73 bits per heavy atom. The van der Waals surface area contributed by atoms with Crippen LogP contribution in [0.2, 0.25) is 5.02 Å². The minimum absolute atomic E-state index is 0.203. The summed E-state index contributed by atoms with van der Waals surface area (Å²) in [4.78, 5) is 0. The smallest absolute Gasteiger partial charge is 0.253 e. The molecular weight excluding hydrogens is 358 g/mol. The lowest BCUT2D eigenvalue weighted by Crippen LogP contribution is -2.02. The van der Waals surface area contributed by atoms with Gasteiger partial charge in [0.25, 0.3) is 5.89 Å². The Kier molecular flexibility index (Phi) is 5.80. The van der Waals surface area contributed by atoms with E-state index < -0.39 is 0 Å². The van der Waals surface area contributed by atoms with Crippen LogP contribution in [-0.2, 0) is 13.2 Å². The second-order valence-electron chi connectivity index (χ2n) is 5.23. The highest BCUT2D eigenvalue weighted by atomic mass is 35.5. The number of hydrogen-bond acceptors (Lipinski definition) is 7. The Labute approximate surface area is 155 Å². The van der Waals surface area contributed by atoms with Gasteiger partial charge in [0.2, 0.25) is 5.89 Å². The van der Waals surface area contributed by atoms with Crippen molar-refractivity contribution in [2.45, 2.75) is 13.2 Å². The predicted molar refractivity (Wildman–Crippen MR) is 97.0 cm³/mol. The van der Waals surface area contributed by atoms with Gasteiger partial charge in [-0.3, -0.25) is 0 Å². The van der Waals surface area contributed by atoms with Gasteiger partial charge >= 0.3 is 0 Å². The molecule has 0 unspecified atom stereocenters. The highest BCUT2D eigenvalue weighted by Crippen LogP contribution is 2.36. The number of ether oxygens (including phenoxy) is 3. The summed E-state index contributed by atoms with van der Waals surface area (Å²) in [6, 6.07) is 12.9. The third-order valence-corrected chi connectivity index (χ3v) is 3.81. The molecule has 3 rings (SSSR count). The average molecular weight is 376 g/mol. The molecule has 0 amide bonds. The molecule has 0 fully saturated rings. The number of para-hydroxylation sites is 1. The lowest BCUT2D eigenvalue weighted by atomic mass is 10.2. The van der Waals surface area contributed by atoms with Gasteiger partial charge in [-0.15, -0.1) is 10.2 Å². The van der Waals surface area contributed by atoms with E-state index in [9.17, 15) is 0 Å². The molecular formula is C18H18ClN3O4. The van der Waals surface area contributed by atoms with Crippen LogP contribution in [0.25, 0.3) is 0 Å². The molecule has 0 saturated heterocycles. The van der Waals surface area contributed by atoms with Gasteiger partial charge in [0.15, 0.2) is 6.61 Å². The minimum Gasteiger partial charge on any atom is -0.495 e. The molecule has 0 aliphatic heterocycles. The van der Waals surface area contributed by atoms with E-state index in [0.717, 1.165) is 5.75 Å². The van der Waals surface area contributed by atoms with E-state index >= 15 is 0 Å². The first-order chi connectivity index (χ1) is 12.7. The normalized spacial score (nSPS) is 10.4. The molecule has 0 spiro atoms. The Hall–Kier alpha value is -2.93. The summed E-state index contributed by atoms with van der Waals surface area (Å²) < 4.78 is 21.7. The third-order valence-electron chi connectivity index (χ3n) is 3.52. The summed E-state index contributed by atoms with van der Waals surface area (Å²) in [6.45, 7) is 0.522. The first-order valence-corrected chi connectivity index (χ1v) is 8.22. The van der Waals surface area contributed by atoms with Gasteiger partial charge in [0.1, 0.15) is 17.2 Å². The Balaban J connectivity index is 1.61. The summed E-state index contributed by atoms with van der Waals surface area (Å²) >= 11 is 6.10. The molecule has 1 heterocycles. The monoisotopic (exact) mass is 375 g/mol. The van der Waals surface area contributed by atoms with Gasteiger partial charge in [0, 0.05) is 12.1 Å². The SMILES string of the molecule is COc1cc(NCc2nnc(COc3ccccc3)o2)c(OC)cc1Cl. The van der Waals surface area contributed by atoms with Gasteiger partial charge in [-0.05, 0) is 12.1 Å². The van der Waals surface area contributed by atoms with Crippen LogP contribution in [0.1, 0.15) is 11.8 Å². The van der Waals surface area contributed by atoms with Crippen molar-refractivity contribution >= 4 is 17.3 Å². The fourth-order valence-corrected chi connectivity index (χ4v) is 2.48. The minimum atomic E-state index is 0.203. The van der Waals surface area contributed by atoms with Gasteiger partial charge in [-0.2, -0.15) is 0 Å². The van der Waals surface area contributed by atoms with Crippen molar-refractivity contribution in [1.82, 2.24) is 10.2 Å². The quantitative estimate of drug-likeness (QED) is 0.639. The summed E-state index contributed by atoms with van der Waals surface area (Å²) in [6.07, 6.45) is 0. The van der Waals surface area contributed by atoms with Crippen LogP contribution in [0.5, 0.6) is 17.2 Å². The number of methoxy groups -OCH3 is 2. The second kappa shape index (κ2) is 8.44. The zero-order valence-electron chi connectivity index (χ0n) is 14.4. The Bertz CT molecular complexity index is 855. The first-order valence-electron chi connectivity index (χ1n) is 7.84. The number of rotatable bonds is 8. The molecule has 2 aromatic carbocycles. The third kappa shape index (κ3) is 4.37. The topological polar surface area (TPSA) is 78.6 Å². The van der Waals surface area contributed by atoms with Crippen LogP contribution >= 0.6 is 11.6 Å². The molecule has 0 saturated carbocycles. The van der Waals surface area contributed by atoms with E-state index in [2.05, 4.69) is 15.5 Å². The van der Waals surface area contributed by atoms with Gasteiger partial charge < -0.3 is 23.9 Å². The highest BCUT2D eigenvalue weighted by Gasteiger charge is 2.12. The number of halogens is 1. The van der Waals surface area contributed by atoms with Crippen molar-refractivity contribution in [3.8, 4) is 17.2 Å². The van der Waals surface area contributed by atoms with Gasteiger partial charge in [-0.1, -0.05) is 29.8 Å². The van der Waals surface area contributed by atoms with Crippen LogP contribution in [0, 0.1) is 0 Å². The van der Waals surface area contributed by atoms with E-state index in [-0.39, 0.29) is 6.61 Å². The standard InChI is InChI=1S/C18H18ClN3O4/c1-23-15-9-14(16(24-2)8-13(15)19)20-10-17-21-22-18(26-17)11-25-12-6-4-3-5-7-12/h3-9,20H,10-11H2,1-2H3. The molecule has 8 heteroatoms. The molecule has 0 atom stereocenters. The van der Waals surface area contributed by atoms with Crippen molar-refractivity contribution in [2.75, 3.05) is 19.5 Å². The predicted octanol–water partition coefficient (Wildman–Crippen LogP) is 3.93. The number of nitrogens with one attached hydrogen (secondary N) is 1. The molecule has 0 aliphatic carbocycles. The summed E-state index contributed by atoms with van der Waals surface area (Å²) in [5.74, 6) is 2.68. The first kappa shape index (κ1) is 17.9. The Morgan fingerprint density at radius 1 is 1.00 bits per heavy atom. The van der Waals surface area contributed by atoms with E-state index in [4.69, 9.17) is 30.2 Å². The number of anilines is 1. The van der Waals surface area contributed by atoms with Crippen LogP contribution in [0.15, 0.2) is 46.9 Å². The molecule has 7 nitrogen and oxygen atoms in total. The van der Waals surface area contributed by atoms with Crippen molar-refractivity contribution in [3.05, 3.63) is 59.3 Å². The van der Waals surface area contributed by atoms with Crippen molar-refractivity contribution in [1.29, 1.82) is 0 Å². The van der Waals surface area contributed by atoms with Crippen molar-refractivity contribution < 1.29 is 18.6 Å². The fourth-order valence-electron chi connectivity index (χ4n) is 2.25. The van der Waals surface area contributed by atoms with E-state index in [1.807, 2.05) is 30.3 Å². The largest absolute Gasteiger partial charge is 0.495 e.